The molecule has 2 rings (SSSR count). The molecule has 2 aromatic rings. The molecule has 0 heterocycles. The molecule has 1 atom stereocenters. The van der Waals surface area contributed by atoms with Gasteiger partial charge in [-0.2, -0.15) is 14.9 Å². The largest absolute Gasteiger partial charge is 0.493 e. The molecule has 0 saturated carbocycles. The van der Waals surface area contributed by atoms with E-state index in [1.54, 1.807) is 0 Å². The van der Waals surface area contributed by atoms with Crippen LogP contribution in [0.2, 0.25) is 0 Å². The maximum atomic E-state index is 14.6. The molecular formula is C19H13F3N2O5. The lowest BCUT2D eigenvalue weighted by Gasteiger charge is -2.17. The van der Waals surface area contributed by atoms with E-state index < -0.39 is 52.3 Å². The number of nitriles is 2. The number of methoxy groups -OCH3 is 2. The second-order valence-corrected chi connectivity index (χ2v) is 5.39. The van der Waals surface area contributed by atoms with Crippen molar-refractivity contribution in [3.8, 4) is 29.4 Å². The van der Waals surface area contributed by atoms with Crippen LogP contribution in [0.1, 0.15) is 28.4 Å². The van der Waals surface area contributed by atoms with Gasteiger partial charge in [0.1, 0.15) is 28.8 Å². The van der Waals surface area contributed by atoms with Crippen LogP contribution >= 0.6 is 0 Å². The van der Waals surface area contributed by atoms with Crippen molar-refractivity contribution in [1.29, 1.82) is 10.5 Å². The molecule has 0 spiro atoms. The van der Waals surface area contributed by atoms with Gasteiger partial charge in [-0.15, -0.1) is 0 Å². The lowest BCUT2D eigenvalue weighted by atomic mass is 10.1. The average Bonchev–Trinajstić information content (AvgIpc) is 2.72. The minimum Gasteiger partial charge on any atom is -0.493 e. The molecule has 150 valence electrons. The predicted molar refractivity (Wildman–Crippen MR) is 90.7 cm³/mol. The first kappa shape index (κ1) is 21.5. The number of carbonyl (C=O) groups excluding carboxylic acids is 1. The van der Waals surface area contributed by atoms with Crippen LogP contribution in [-0.2, 0) is 9.47 Å². The molecule has 0 fully saturated rings. The average molecular weight is 406 g/mol. The Balaban J connectivity index is 2.67. The Morgan fingerprint density at radius 3 is 2.17 bits per heavy atom. The first-order valence-corrected chi connectivity index (χ1v) is 7.89. The van der Waals surface area contributed by atoms with Crippen molar-refractivity contribution < 1.29 is 36.9 Å². The van der Waals surface area contributed by atoms with E-state index in [4.69, 9.17) is 29.5 Å². The lowest BCUT2D eigenvalue weighted by molar-refractivity contribution is -0.0774. The minimum atomic E-state index is -1.85. The van der Waals surface area contributed by atoms with Crippen LogP contribution in [-0.4, -0.2) is 26.5 Å². The maximum absolute atomic E-state index is 14.6. The van der Waals surface area contributed by atoms with Crippen LogP contribution in [0.4, 0.5) is 13.2 Å². The molecule has 0 aliphatic carbocycles. The fourth-order valence-electron chi connectivity index (χ4n) is 2.25. The van der Waals surface area contributed by atoms with Crippen molar-refractivity contribution in [2.24, 2.45) is 0 Å². The summed E-state index contributed by atoms with van der Waals surface area (Å²) >= 11 is 0. The van der Waals surface area contributed by atoms with E-state index in [0.29, 0.717) is 0 Å². The van der Waals surface area contributed by atoms with Crippen LogP contribution in [0.25, 0.3) is 0 Å². The lowest BCUT2D eigenvalue weighted by Crippen LogP contribution is -2.17. The van der Waals surface area contributed by atoms with Crippen LogP contribution < -0.4 is 9.47 Å². The van der Waals surface area contributed by atoms with Crippen molar-refractivity contribution >= 4 is 5.97 Å². The molecule has 0 radical (unpaired) electrons. The second-order valence-electron chi connectivity index (χ2n) is 5.39. The third-order valence-electron chi connectivity index (χ3n) is 3.73. The third-order valence-corrected chi connectivity index (χ3v) is 3.73. The SMILES string of the molecule is COc1cccc(C(=O)OC(C)OC)c1Oc1c(F)c(F)c(C#N)c(C#N)c1F. The zero-order valence-electron chi connectivity index (χ0n) is 15.4. The molecule has 0 amide bonds. The van der Waals surface area contributed by atoms with E-state index in [9.17, 15) is 18.0 Å². The highest BCUT2D eigenvalue weighted by Gasteiger charge is 2.29. The van der Waals surface area contributed by atoms with Gasteiger partial charge in [-0.1, -0.05) is 6.07 Å². The summed E-state index contributed by atoms with van der Waals surface area (Å²) in [4.78, 5) is 12.4. The van der Waals surface area contributed by atoms with E-state index in [2.05, 4.69) is 0 Å². The smallest absolute Gasteiger partial charge is 0.344 e. The van der Waals surface area contributed by atoms with Crippen molar-refractivity contribution in [2.45, 2.75) is 13.2 Å². The molecule has 2 aromatic carbocycles. The van der Waals surface area contributed by atoms with E-state index in [1.165, 1.54) is 51.5 Å². The van der Waals surface area contributed by atoms with Crippen molar-refractivity contribution in [3.05, 3.63) is 52.3 Å². The Hall–Kier alpha value is -3.76. The molecule has 0 aliphatic rings. The summed E-state index contributed by atoms with van der Waals surface area (Å²) in [5.74, 6) is -8.17. The molecular weight excluding hydrogens is 393 g/mol. The second kappa shape index (κ2) is 8.95. The Labute approximate surface area is 163 Å². The van der Waals surface area contributed by atoms with Crippen molar-refractivity contribution in [2.75, 3.05) is 14.2 Å². The van der Waals surface area contributed by atoms with Gasteiger partial charge in [0, 0.05) is 7.11 Å². The summed E-state index contributed by atoms with van der Waals surface area (Å²) in [7, 11) is 2.48. The van der Waals surface area contributed by atoms with E-state index >= 15 is 0 Å². The van der Waals surface area contributed by atoms with Crippen LogP contribution in [0.5, 0.6) is 17.2 Å². The Bertz CT molecular complexity index is 1040. The van der Waals surface area contributed by atoms with Gasteiger partial charge in [0.2, 0.25) is 11.6 Å². The number of para-hydroxylation sites is 1. The standard InChI is InChI=1S/C19H13F3N2O5/c1-9(26-2)28-19(25)10-5-4-6-13(27-3)17(10)29-18-15(21)12(8-24)11(7-23)14(20)16(18)22/h4-6,9H,1-3H3. The fourth-order valence-corrected chi connectivity index (χ4v) is 2.25. The number of carbonyl (C=O) groups is 1. The Kier molecular flexibility index (Phi) is 6.65. The molecule has 0 N–H and O–H groups in total. The summed E-state index contributed by atoms with van der Waals surface area (Å²) in [5, 5.41) is 17.9. The van der Waals surface area contributed by atoms with Gasteiger partial charge in [-0.25, -0.2) is 13.6 Å². The summed E-state index contributed by atoms with van der Waals surface area (Å²) in [5.41, 5.74) is -2.47. The van der Waals surface area contributed by atoms with Gasteiger partial charge >= 0.3 is 5.97 Å². The number of halogens is 3. The number of hydrogen-bond acceptors (Lipinski definition) is 7. The molecule has 1 unspecified atom stereocenters. The van der Waals surface area contributed by atoms with E-state index in [1.807, 2.05) is 0 Å². The van der Waals surface area contributed by atoms with Crippen LogP contribution in [0, 0.1) is 40.1 Å². The highest BCUT2D eigenvalue weighted by atomic mass is 19.2. The quantitative estimate of drug-likeness (QED) is 0.408. The van der Waals surface area contributed by atoms with E-state index in [-0.39, 0.29) is 11.3 Å². The molecule has 0 saturated heterocycles. The third kappa shape index (κ3) is 4.08. The number of hydrogen-bond donors (Lipinski definition) is 0. The molecule has 7 nitrogen and oxygen atoms in total. The molecule has 0 aromatic heterocycles. The fraction of sp³-hybridized carbons (Fsp3) is 0.211. The van der Waals surface area contributed by atoms with Gasteiger partial charge in [0.25, 0.3) is 0 Å². The highest BCUT2D eigenvalue weighted by molar-refractivity contribution is 5.93. The minimum absolute atomic E-state index is 0.133. The van der Waals surface area contributed by atoms with Gasteiger partial charge in [-0.05, 0) is 19.1 Å². The van der Waals surface area contributed by atoms with Gasteiger partial charge in [0.05, 0.1) is 7.11 Å². The van der Waals surface area contributed by atoms with Gasteiger partial charge < -0.3 is 18.9 Å². The van der Waals surface area contributed by atoms with Crippen molar-refractivity contribution in [3.63, 3.8) is 0 Å². The van der Waals surface area contributed by atoms with Crippen LogP contribution in [0.15, 0.2) is 18.2 Å². The number of ether oxygens (including phenoxy) is 4. The number of nitrogens with zero attached hydrogens (tertiary/aromatic N) is 2. The van der Waals surface area contributed by atoms with Crippen molar-refractivity contribution in [1.82, 2.24) is 0 Å². The number of esters is 1. The Morgan fingerprint density at radius 2 is 1.62 bits per heavy atom. The summed E-state index contributed by atoms with van der Waals surface area (Å²) in [6, 6.07) is 6.41. The highest BCUT2D eigenvalue weighted by Crippen LogP contribution is 2.39. The molecule has 29 heavy (non-hydrogen) atoms. The molecule has 10 heteroatoms. The number of rotatable bonds is 6. The summed E-state index contributed by atoms with van der Waals surface area (Å²) < 4.78 is 63.0. The normalized spacial score (nSPS) is 11.2. The number of benzene rings is 2. The summed E-state index contributed by atoms with van der Waals surface area (Å²) in [6.45, 7) is 1.42. The van der Waals surface area contributed by atoms with Gasteiger partial charge in [0.15, 0.2) is 29.4 Å². The molecule has 0 bridgehead atoms. The summed E-state index contributed by atoms with van der Waals surface area (Å²) in [6.07, 6.45) is -0.951. The first-order valence-electron chi connectivity index (χ1n) is 7.89. The van der Waals surface area contributed by atoms with Gasteiger partial charge in [-0.3, -0.25) is 0 Å². The monoisotopic (exact) mass is 406 g/mol. The van der Waals surface area contributed by atoms with Crippen LogP contribution in [0.3, 0.4) is 0 Å². The molecule has 0 aliphatic heterocycles. The zero-order chi connectivity index (χ0) is 21.7. The predicted octanol–water partition coefficient (Wildman–Crippen LogP) is 3.80. The van der Waals surface area contributed by atoms with E-state index in [0.717, 1.165) is 0 Å². The zero-order valence-corrected chi connectivity index (χ0v) is 15.4. The maximum Gasteiger partial charge on any atom is 0.344 e. The first-order chi connectivity index (χ1) is 13.8. The Morgan fingerprint density at radius 1 is 1.00 bits per heavy atom. The topological polar surface area (TPSA) is 102 Å².